The highest BCUT2D eigenvalue weighted by molar-refractivity contribution is 7.89. The maximum atomic E-state index is 12.9. The first-order chi connectivity index (χ1) is 13.5. The van der Waals surface area contributed by atoms with Gasteiger partial charge in [-0.05, 0) is 36.4 Å². The quantitative estimate of drug-likeness (QED) is 0.788. The van der Waals surface area contributed by atoms with Crippen LogP contribution in [-0.2, 0) is 14.8 Å². The van der Waals surface area contributed by atoms with Crippen molar-refractivity contribution >= 4 is 21.6 Å². The number of methoxy groups -OCH3 is 2. The van der Waals surface area contributed by atoms with Crippen molar-refractivity contribution in [3.05, 3.63) is 48.0 Å². The predicted octanol–water partition coefficient (Wildman–Crippen LogP) is 1.98. The average Bonchev–Trinajstić information content (AvgIpc) is 2.74. The van der Waals surface area contributed by atoms with Crippen LogP contribution in [0, 0.1) is 0 Å². The monoisotopic (exact) mass is 406 g/mol. The number of carbonyl (C=O) groups excluding carboxylic acids is 1. The molecule has 8 nitrogen and oxygen atoms in total. The minimum Gasteiger partial charge on any atom is -0.497 e. The van der Waals surface area contributed by atoms with Crippen molar-refractivity contribution in [2.45, 2.75) is 4.90 Å². The number of nitrogens with one attached hydrogen (secondary N) is 1. The summed E-state index contributed by atoms with van der Waals surface area (Å²) in [5, 5.41) is 2.72. The first-order valence-corrected chi connectivity index (χ1v) is 10.1. The van der Waals surface area contributed by atoms with Crippen LogP contribution in [0.3, 0.4) is 0 Å². The summed E-state index contributed by atoms with van der Waals surface area (Å²) in [6, 6.07) is 11.0. The van der Waals surface area contributed by atoms with E-state index in [1.165, 1.54) is 36.7 Å². The van der Waals surface area contributed by atoms with Gasteiger partial charge in [-0.25, -0.2) is 8.42 Å². The fourth-order valence-electron chi connectivity index (χ4n) is 2.84. The lowest BCUT2D eigenvalue weighted by Crippen LogP contribution is -2.40. The zero-order chi connectivity index (χ0) is 20.1. The van der Waals surface area contributed by atoms with Crippen molar-refractivity contribution in [3.8, 4) is 11.5 Å². The largest absolute Gasteiger partial charge is 0.497 e. The van der Waals surface area contributed by atoms with Crippen LogP contribution in [0.4, 0.5) is 5.69 Å². The molecule has 1 aliphatic heterocycles. The highest BCUT2D eigenvalue weighted by Gasteiger charge is 2.27. The van der Waals surface area contributed by atoms with Crippen molar-refractivity contribution in [1.29, 1.82) is 0 Å². The van der Waals surface area contributed by atoms with Crippen LogP contribution in [0.5, 0.6) is 11.5 Å². The Balaban J connectivity index is 1.89. The first kappa shape index (κ1) is 20.1. The number of morpholine rings is 1. The highest BCUT2D eigenvalue weighted by Crippen LogP contribution is 2.30. The molecule has 0 atom stereocenters. The molecule has 3 rings (SSSR count). The molecule has 150 valence electrons. The second kappa shape index (κ2) is 8.59. The minimum absolute atomic E-state index is 0.0798. The fraction of sp³-hybridized carbons (Fsp3) is 0.316. The topological polar surface area (TPSA) is 94.2 Å². The molecule has 28 heavy (non-hydrogen) atoms. The highest BCUT2D eigenvalue weighted by atomic mass is 32.2. The van der Waals surface area contributed by atoms with Crippen molar-refractivity contribution in [2.24, 2.45) is 0 Å². The summed E-state index contributed by atoms with van der Waals surface area (Å²) in [6.07, 6.45) is 0. The lowest BCUT2D eigenvalue weighted by atomic mass is 10.2. The lowest BCUT2D eigenvalue weighted by Gasteiger charge is -2.26. The molecule has 0 saturated carbocycles. The Morgan fingerprint density at radius 3 is 2.50 bits per heavy atom. The summed E-state index contributed by atoms with van der Waals surface area (Å²) in [4.78, 5) is 12.7. The number of amides is 1. The zero-order valence-corrected chi connectivity index (χ0v) is 16.5. The number of hydrogen-bond donors (Lipinski definition) is 1. The van der Waals surface area contributed by atoms with E-state index in [4.69, 9.17) is 14.2 Å². The number of nitrogens with zero attached hydrogens (tertiary/aromatic N) is 1. The fourth-order valence-corrected chi connectivity index (χ4v) is 4.27. The Morgan fingerprint density at radius 1 is 1.07 bits per heavy atom. The molecule has 1 aliphatic rings. The molecular weight excluding hydrogens is 384 g/mol. The maximum absolute atomic E-state index is 12.9. The molecule has 1 N–H and O–H groups in total. The number of rotatable bonds is 6. The van der Waals surface area contributed by atoms with Gasteiger partial charge < -0.3 is 19.5 Å². The molecule has 9 heteroatoms. The number of benzene rings is 2. The normalized spacial score (nSPS) is 15.1. The molecule has 1 fully saturated rings. The number of ether oxygens (including phenoxy) is 3. The van der Waals surface area contributed by atoms with Crippen LogP contribution in [0.2, 0.25) is 0 Å². The Bertz CT molecular complexity index is 955. The summed E-state index contributed by atoms with van der Waals surface area (Å²) in [6.45, 7) is 1.30. The van der Waals surface area contributed by atoms with Gasteiger partial charge in [-0.1, -0.05) is 6.07 Å². The van der Waals surface area contributed by atoms with Gasteiger partial charge in [-0.3, -0.25) is 4.79 Å². The molecule has 0 unspecified atom stereocenters. The third-order valence-electron chi connectivity index (χ3n) is 4.36. The maximum Gasteiger partial charge on any atom is 0.255 e. The summed E-state index contributed by atoms with van der Waals surface area (Å²) in [7, 11) is -0.729. The van der Waals surface area contributed by atoms with Crippen LogP contribution in [0.25, 0.3) is 0 Å². The van der Waals surface area contributed by atoms with Crippen LogP contribution in [-0.4, -0.2) is 59.2 Å². The third kappa shape index (κ3) is 4.27. The number of anilines is 1. The molecule has 2 aromatic carbocycles. The SMILES string of the molecule is COc1cccc(C(=O)Nc2cc(S(=O)(=O)N3CCOCC3)ccc2OC)c1. The number of hydrogen-bond acceptors (Lipinski definition) is 6. The van der Waals surface area contributed by atoms with E-state index >= 15 is 0 Å². The number of sulfonamides is 1. The molecule has 2 aromatic rings. The molecular formula is C19H22N2O6S. The van der Waals surface area contributed by atoms with E-state index in [-0.39, 0.29) is 10.6 Å². The Hall–Kier alpha value is -2.62. The molecule has 1 heterocycles. The lowest BCUT2D eigenvalue weighted by molar-refractivity contribution is 0.0730. The van der Waals surface area contributed by atoms with Gasteiger partial charge in [0.1, 0.15) is 11.5 Å². The summed E-state index contributed by atoms with van der Waals surface area (Å²) in [5.74, 6) is 0.499. The van der Waals surface area contributed by atoms with E-state index in [2.05, 4.69) is 5.32 Å². The predicted molar refractivity (Wildman–Crippen MR) is 104 cm³/mol. The van der Waals surface area contributed by atoms with Gasteiger partial charge in [0.15, 0.2) is 0 Å². The molecule has 0 bridgehead atoms. The zero-order valence-electron chi connectivity index (χ0n) is 15.7. The van der Waals surface area contributed by atoms with E-state index in [9.17, 15) is 13.2 Å². The molecule has 0 radical (unpaired) electrons. The van der Waals surface area contributed by atoms with Gasteiger partial charge in [0.2, 0.25) is 10.0 Å². The summed E-state index contributed by atoms with van der Waals surface area (Å²) >= 11 is 0. The molecule has 0 aromatic heterocycles. The van der Waals surface area contributed by atoms with Gasteiger partial charge in [0.05, 0.1) is 38.0 Å². The van der Waals surface area contributed by atoms with E-state index in [0.717, 1.165) is 0 Å². The second-order valence-electron chi connectivity index (χ2n) is 6.06. The van der Waals surface area contributed by atoms with Gasteiger partial charge in [0, 0.05) is 18.7 Å². The van der Waals surface area contributed by atoms with Gasteiger partial charge in [0.25, 0.3) is 5.91 Å². The molecule has 1 saturated heterocycles. The van der Waals surface area contributed by atoms with E-state index in [1.54, 1.807) is 24.3 Å². The Kier molecular flexibility index (Phi) is 6.18. The summed E-state index contributed by atoms with van der Waals surface area (Å²) < 4.78 is 42.7. The summed E-state index contributed by atoms with van der Waals surface area (Å²) in [5.41, 5.74) is 0.646. The van der Waals surface area contributed by atoms with Crippen molar-refractivity contribution < 1.29 is 27.4 Å². The number of carbonyl (C=O) groups is 1. The van der Waals surface area contributed by atoms with Crippen molar-refractivity contribution in [3.63, 3.8) is 0 Å². The van der Waals surface area contributed by atoms with E-state index in [0.29, 0.717) is 43.4 Å². The minimum atomic E-state index is -3.69. The Morgan fingerprint density at radius 2 is 1.82 bits per heavy atom. The van der Waals surface area contributed by atoms with Crippen molar-refractivity contribution in [2.75, 3.05) is 45.8 Å². The first-order valence-electron chi connectivity index (χ1n) is 8.67. The second-order valence-corrected chi connectivity index (χ2v) is 8.00. The third-order valence-corrected chi connectivity index (χ3v) is 6.25. The molecule has 1 amide bonds. The average molecular weight is 406 g/mol. The van der Waals surface area contributed by atoms with E-state index in [1.807, 2.05) is 0 Å². The van der Waals surface area contributed by atoms with Crippen molar-refractivity contribution in [1.82, 2.24) is 4.31 Å². The van der Waals surface area contributed by atoms with Gasteiger partial charge >= 0.3 is 0 Å². The smallest absolute Gasteiger partial charge is 0.255 e. The van der Waals surface area contributed by atoms with Crippen LogP contribution in [0.1, 0.15) is 10.4 Å². The van der Waals surface area contributed by atoms with E-state index < -0.39 is 15.9 Å². The van der Waals surface area contributed by atoms with Crippen LogP contribution in [0.15, 0.2) is 47.4 Å². The standard InChI is InChI=1S/C19H22N2O6S/c1-25-15-5-3-4-14(12-15)19(22)20-17-13-16(6-7-18(17)26-2)28(23,24)21-8-10-27-11-9-21/h3-7,12-13H,8-11H2,1-2H3,(H,20,22). The van der Waals surface area contributed by atoms with Gasteiger partial charge in [-0.2, -0.15) is 4.31 Å². The van der Waals surface area contributed by atoms with Crippen LogP contribution < -0.4 is 14.8 Å². The Labute approximate surface area is 164 Å². The molecule has 0 spiro atoms. The van der Waals surface area contributed by atoms with Crippen LogP contribution >= 0.6 is 0 Å². The molecule has 0 aliphatic carbocycles. The van der Waals surface area contributed by atoms with Gasteiger partial charge in [-0.15, -0.1) is 0 Å².